The molecule has 1 fully saturated rings. The maximum absolute atomic E-state index is 12.7. The molecule has 152 valence electrons. The van der Waals surface area contributed by atoms with E-state index in [4.69, 9.17) is 0 Å². The molecule has 1 amide bonds. The Morgan fingerprint density at radius 1 is 1.21 bits per heavy atom. The molecule has 0 aliphatic carbocycles. The van der Waals surface area contributed by atoms with Crippen LogP contribution in [-0.2, 0) is 21.0 Å². The fraction of sp³-hybridized carbons (Fsp3) is 0.438. The minimum atomic E-state index is -4.69. The van der Waals surface area contributed by atoms with Crippen LogP contribution in [-0.4, -0.2) is 46.9 Å². The van der Waals surface area contributed by atoms with E-state index in [1.165, 1.54) is 16.4 Å². The summed E-state index contributed by atoms with van der Waals surface area (Å²) in [6.07, 6.45) is -4.20. The molecule has 12 heteroatoms. The Hall–Kier alpha value is -2.47. The van der Waals surface area contributed by atoms with Gasteiger partial charge in [-0.2, -0.15) is 22.5 Å². The summed E-state index contributed by atoms with van der Waals surface area (Å²) in [4.78, 5) is 15.6. The van der Waals surface area contributed by atoms with Crippen LogP contribution in [0, 0.1) is 12.8 Å². The molecule has 1 aliphatic heterocycles. The van der Waals surface area contributed by atoms with Crippen LogP contribution in [0.1, 0.15) is 24.2 Å². The number of halogens is 3. The number of anilines is 1. The number of hydrogen-bond acceptors (Lipinski definition) is 5. The number of aryl methyl sites for hydroxylation is 1. The summed E-state index contributed by atoms with van der Waals surface area (Å²) in [7, 11) is -3.65. The predicted molar refractivity (Wildman–Crippen MR) is 92.7 cm³/mol. The predicted octanol–water partition coefficient (Wildman–Crippen LogP) is 2.17. The average Bonchev–Trinajstić information content (AvgIpc) is 3.11. The summed E-state index contributed by atoms with van der Waals surface area (Å²) in [6, 6.07) is 6.48. The minimum absolute atomic E-state index is 0.135. The molecule has 28 heavy (non-hydrogen) atoms. The molecule has 2 N–H and O–H groups in total. The molecule has 0 spiro atoms. The van der Waals surface area contributed by atoms with Crippen LogP contribution in [0.4, 0.5) is 19.1 Å². The van der Waals surface area contributed by atoms with Gasteiger partial charge in [0.05, 0.1) is 4.90 Å². The van der Waals surface area contributed by atoms with E-state index < -0.39 is 39.8 Å². The number of sulfonamides is 1. The highest BCUT2D eigenvalue weighted by atomic mass is 32.2. The van der Waals surface area contributed by atoms with Crippen LogP contribution in [0.3, 0.4) is 0 Å². The lowest BCUT2D eigenvalue weighted by atomic mass is 9.97. The summed E-state index contributed by atoms with van der Waals surface area (Å²) < 4.78 is 64.1. The molecule has 1 aromatic heterocycles. The molecule has 0 atom stereocenters. The first-order chi connectivity index (χ1) is 13.1. The molecule has 1 aromatic carbocycles. The third-order valence-corrected chi connectivity index (χ3v) is 6.39. The zero-order chi connectivity index (χ0) is 20.5. The number of rotatable bonds is 4. The smallest absolute Gasteiger partial charge is 0.293 e. The minimum Gasteiger partial charge on any atom is -0.293 e. The van der Waals surface area contributed by atoms with Crippen LogP contribution in [0.5, 0.6) is 0 Å². The van der Waals surface area contributed by atoms with Crippen molar-refractivity contribution in [2.75, 3.05) is 18.4 Å². The highest BCUT2D eigenvalue weighted by molar-refractivity contribution is 7.89. The lowest BCUT2D eigenvalue weighted by Gasteiger charge is -2.30. The van der Waals surface area contributed by atoms with Gasteiger partial charge in [-0.1, -0.05) is 17.7 Å². The van der Waals surface area contributed by atoms with E-state index in [9.17, 15) is 26.4 Å². The van der Waals surface area contributed by atoms with Crippen LogP contribution in [0.2, 0.25) is 0 Å². The second-order valence-electron chi connectivity index (χ2n) is 6.49. The van der Waals surface area contributed by atoms with Gasteiger partial charge in [-0.05, 0) is 31.9 Å². The lowest BCUT2D eigenvalue weighted by Crippen LogP contribution is -2.41. The van der Waals surface area contributed by atoms with Crippen molar-refractivity contribution >= 4 is 21.9 Å². The van der Waals surface area contributed by atoms with Gasteiger partial charge < -0.3 is 0 Å². The van der Waals surface area contributed by atoms with Gasteiger partial charge in [-0.15, -0.1) is 5.10 Å². The maximum atomic E-state index is 12.7. The number of nitrogens with zero attached hydrogens (tertiary/aromatic N) is 3. The molecule has 2 heterocycles. The van der Waals surface area contributed by atoms with Crippen LogP contribution >= 0.6 is 0 Å². The van der Waals surface area contributed by atoms with Crippen molar-refractivity contribution in [1.29, 1.82) is 0 Å². The Kier molecular flexibility index (Phi) is 5.44. The Balaban J connectivity index is 1.59. The zero-order valence-corrected chi connectivity index (χ0v) is 15.6. The monoisotopic (exact) mass is 417 g/mol. The van der Waals surface area contributed by atoms with Crippen LogP contribution in [0.25, 0.3) is 0 Å². The summed E-state index contributed by atoms with van der Waals surface area (Å²) in [5, 5.41) is 7.27. The molecule has 3 rings (SSSR count). The summed E-state index contributed by atoms with van der Waals surface area (Å²) >= 11 is 0. The van der Waals surface area contributed by atoms with E-state index >= 15 is 0 Å². The normalized spacial score (nSPS) is 16.9. The van der Waals surface area contributed by atoms with E-state index in [1.54, 1.807) is 17.2 Å². The third-order valence-electron chi connectivity index (χ3n) is 4.47. The first kappa shape index (κ1) is 20.3. The number of carbonyl (C=O) groups is 1. The zero-order valence-electron chi connectivity index (χ0n) is 14.8. The number of nitrogens with one attached hydrogen (secondary N) is 2. The van der Waals surface area contributed by atoms with E-state index in [2.05, 4.69) is 15.4 Å². The van der Waals surface area contributed by atoms with Crippen molar-refractivity contribution in [3.05, 3.63) is 35.7 Å². The van der Waals surface area contributed by atoms with Crippen molar-refractivity contribution in [3.63, 3.8) is 0 Å². The molecular formula is C16H18F3N5O3S. The summed E-state index contributed by atoms with van der Waals surface area (Å²) in [5.41, 5.74) is 0.940. The molecule has 0 unspecified atom stereocenters. The second kappa shape index (κ2) is 7.51. The fourth-order valence-electron chi connectivity index (χ4n) is 2.87. The lowest BCUT2D eigenvalue weighted by molar-refractivity contribution is -0.144. The largest absolute Gasteiger partial charge is 0.451 e. The number of hydrogen-bond donors (Lipinski definition) is 2. The van der Waals surface area contributed by atoms with E-state index in [1.807, 2.05) is 6.92 Å². The molecule has 0 radical (unpaired) electrons. The molecule has 0 saturated carbocycles. The molecule has 8 nitrogen and oxygen atoms in total. The number of benzene rings is 1. The highest BCUT2D eigenvalue weighted by Gasteiger charge is 2.36. The third kappa shape index (κ3) is 4.33. The van der Waals surface area contributed by atoms with Gasteiger partial charge in [0.1, 0.15) is 0 Å². The van der Waals surface area contributed by atoms with Crippen LogP contribution < -0.4 is 5.32 Å². The van der Waals surface area contributed by atoms with Crippen molar-refractivity contribution in [3.8, 4) is 0 Å². The van der Waals surface area contributed by atoms with Crippen molar-refractivity contribution in [1.82, 2.24) is 19.5 Å². The van der Waals surface area contributed by atoms with E-state index in [-0.39, 0.29) is 30.8 Å². The number of piperidine rings is 1. The van der Waals surface area contributed by atoms with Crippen molar-refractivity contribution in [2.45, 2.75) is 30.8 Å². The van der Waals surface area contributed by atoms with E-state index in [0.717, 1.165) is 5.56 Å². The van der Waals surface area contributed by atoms with Gasteiger partial charge in [-0.25, -0.2) is 8.42 Å². The second-order valence-corrected chi connectivity index (χ2v) is 8.42. The van der Waals surface area contributed by atoms with Gasteiger partial charge in [0.2, 0.25) is 27.7 Å². The number of aromatic amines is 1. The Morgan fingerprint density at radius 2 is 1.82 bits per heavy atom. The number of amides is 1. The number of aromatic nitrogens is 3. The standard InChI is InChI=1S/C16H18F3N5O3S/c1-10-2-4-12(5-3-10)28(26,27)24-8-6-11(7-9-24)13(25)20-15-21-14(22-23-15)16(17,18)19/h2-5,11H,6-9H2,1H3,(H2,20,21,22,23,25). The van der Waals surface area contributed by atoms with Crippen LogP contribution in [0.15, 0.2) is 29.2 Å². The quantitative estimate of drug-likeness (QED) is 0.793. The first-order valence-electron chi connectivity index (χ1n) is 8.44. The summed E-state index contributed by atoms with van der Waals surface area (Å²) in [5.74, 6) is -2.86. The SMILES string of the molecule is Cc1ccc(S(=O)(=O)N2CCC(C(=O)Nc3n[nH]c(C(F)(F)F)n3)CC2)cc1. The molecular weight excluding hydrogens is 399 g/mol. The van der Waals surface area contributed by atoms with Crippen molar-refractivity contribution < 1.29 is 26.4 Å². The Bertz CT molecular complexity index is 949. The highest BCUT2D eigenvalue weighted by Crippen LogP contribution is 2.27. The molecule has 1 saturated heterocycles. The Labute approximate surface area is 159 Å². The van der Waals surface area contributed by atoms with Gasteiger partial charge in [0.15, 0.2) is 0 Å². The van der Waals surface area contributed by atoms with Gasteiger partial charge in [-0.3, -0.25) is 15.2 Å². The van der Waals surface area contributed by atoms with Gasteiger partial charge in [0.25, 0.3) is 0 Å². The first-order valence-corrected chi connectivity index (χ1v) is 9.88. The van der Waals surface area contributed by atoms with Gasteiger partial charge >= 0.3 is 6.18 Å². The fourth-order valence-corrected chi connectivity index (χ4v) is 4.34. The summed E-state index contributed by atoms with van der Waals surface area (Å²) in [6.45, 7) is 2.12. The van der Waals surface area contributed by atoms with E-state index in [0.29, 0.717) is 0 Å². The number of carbonyl (C=O) groups excluding carboxylic acids is 1. The topological polar surface area (TPSA) is 108 Å². The number of alkyl halides is 3. The average molecular weight is 417 g/mol. The maximum Gasteiger partial charge on any atom is 0.451 e. The van der Waals surface area contributed by atoms with Gasteiger partial charge in [0, 0.05) is 19.0 Å². The Morgan fingerprint density at radius 3 is 2.36 bits per heavy atom. The molecule has 0 bridgehead atoms. The van der Waals surface area contributed by atoms with Crippen molar-refractivity contribution in [2.24, 2.45) is 5.92 Å². The number of H-pyrrole nitrogens is 1. The molecule has 1 aliphatic rings. The molecule has 2 aromatic rings.